The maximum Gasteiger partial charge on any atom is 0.185 e. The zero-order chi connectivity index (χ0) is 25.1. The van der Waals surface area contributed by atoms with Gasteiger partial charge < -0.3 is 14.9 Å². The summed E-state index contributed by atoms with van der Waals surface area (Å²) in [5.41, 5.74) is 6.30. The van der Waals surface area contributed by atoms with Gasteiger partial charge in [0.05, 0.1) is 12.3 Å². The molecule has 0 saturated carbocycles. The fourth-order valence-electron chi connectivity index (χ4n) is 6.87. The molecule has 1 N–H and O–H groups in total. The van der Waals surface area contributed by atoms with Gasteiger partial charge in [-0.25, -0.2) is 4.98 Å². The number of aliphatic hydroxyl groups is 1. The summed E-state index contributed by atoms with van der Waals surface area (Å²) in [5.74, 6) is 0.719. The highest BCUT2D eigenvalue weighted by Gasteiger charge is 2.43. The maximum atomic E-state index is 9.17. The SMILES string of the molecule is CCC1(CC)CCC(CC)(CC)c2cc(-c3csc(N4CCC(CN(C)CCO)CC4)n3)ccc21. The average molecular weight is 498 g/mol. The van der Waals surface area contributed by atoms with E-state index in [1.54, 1.807) is 22.5 Å². The number of anilines is 1. The van der Waals surface area contributed by atoms with E-state index in [4.69, 9.17) is 10.1 Å². The molecule has 0 atom stereocenters. The molecular formula is C30H47N3OS. The number of likely N-dealkylation sites (N-methyl/N-ethyl adjacent to an activating group) is 1. The van der Waals surface area contributed by atoms with Crippen molar-refractivity contribution in [1.29, 1.82) is 0 Å². The Morgan fingerprint density at radius 3 is 2.23 bits per heavy atom. The van der Waals surface area contributed by atoms with Crippen LogP contribution in [-0.2, 0) is 10.8 Å². The summed E-state index contributed by atoms with van der Waals surface area (Å²) in [4.78, 5) is 9.89. The third-order valence-electron chi connectivity index (χ3n) is 9.68. The van der Waals surface area contributed by atoms with Gasteiger partial charge in [-0.1, -0.05) is 39.8 Å². The largest absolute Gasteiger partial charge is 0.395 e. The Kier molecular flexibility index (Phi) is 8.61. The molecule has 1 aromatic carbocycles. The number of nitrogens with zero attached hydrogens (tertiary/aromatic N) is 3. The number of aromatic nitrogens is 1. The third-order valence-corrected chi connectivity index (χ3v) is 10.6. The number of hydrogen-bond acceptors (Lipinski definition) is 5. The van der Waals surface area contributed by atoms with Crippen molar-refractivity contribution in [1.82, 2.24) is 9.88 Å². The predicted octanol–water partition coefficient (Wildman–Crippen LogP) is 6.86. The standard InChI is InChI=1S/C30H47N3OS/c1-6-29(7-2)14-15-30(8-3,9-4)26-20-24(10-11-25(26)29)27-22-35-28(31-27)33-16-12-23(13-17-33)21-32(5)18-19-34/h10-11,20,22-23,34H,6-9,12-19,21H2,1-5H3. The van der Waals surface area contributed by atoms with Crippen molar-refractivity contribution in [2.24, 2.45) is 5.92 Å². The topological polar surface area (TPSA) is 39.6 Å². The van der Waals surface area contributed by atoms with Crippen LogP contribution < -0.4 is 4.90 Å². The Bertz CT molecular complexity index is 954. The van der Waals surface area contributed by atoms with Gasteiger partial charge in [-0.15, -0.1) is 11.3 Å². The highest BCUT2D eigenvalue weighted by molar-refractivity contribution is 7.14. The molecule has 0 radical (unpaired) electrons. The van der Waals surface area contributed by atoms with Crippen LogP contribution in [-0.4, -0.2) is 54.8 Å². The van der Waals surface area contributed by atoms with E-state index in [0.717, 1.165) is 37.8 Å². The van der Waals surface area contributed by atoms with E-state index in [1.807, 2.05) is 0 Å². The Balaban J connectivity index is 1.54. The monoisotopic (exact) mass is 497 g/mol. The minimum atomic E-state index is 0.245. The van der Waals surface area contributed by atoms with Crippen molar-refractivity contribution in [2.45, 2.75) is 89.9 Å². The minimum Gasteiger partial charge on any atom is -0.395 e. The van der Waals surface area contributed by atoms with Crippen LogP contribution in [0.3, 0.4) is 0 Å². The van der Waals surface area contributed by atoms with Crippen LogP contribution in [0.15, 0.2) is 23.6 Å². The number of thiazole rings is 1. The molecule has 1 saturated heterocycles. The summed E-state index contributed by atoms with van der Waals surface area (Å²) >= 11 is 1.80. The fourth-order valence-corrected chi connectivity index (χ4v) is 7.76. The zero-order valence-electron chi connectivity index (χ0n) is 22.8. The highest BCUT2D eigenvalue weighted by atomic mass is 32.1. The molecule has 0 spiro atoms. The van der Waals surface area contributed by atoms with Crippen LogP contribution in [0.25, 0.3) is 11.3 Å². The van der Waals surface area contributed by atoms with Gasteiger partial charge in [0.25, 0.3) is 0 Å². The Hall–Kier alpha value is -1.43. The normalized spacial score (nSPS) is 19.8. The molecular weight excluding hydrogens is 450 g/mol. The van der Waals surface area contributed by atoms with Crippen molar-refractivity contribution in [3.63, 3.8) is 0 Å². The van der Waals surface area contributed by atoms with Gasteiger partial charge in [-0.2, -0.15) is 0 Å². The van der Waals surface area contributed by atoms with Gasteiger partial charge in [0.1, 0.15) is 0 Å². The first-order valence-corrected chi connectivity index (χ1v) is 15.0. The molecule has 0 bridgehead atoms. The minimum absolute atomic E-state index is 0.245. The summed E-state index contributed by atoms with van der Waals surface area (Å²) in [5, 5.41) is 12.6. The van der Waals surface area contributed by atoms with E-state index in [9.17, 15) is 0 Å². The lowest BCUT2D eigenvalue weighted by molar-refractivity contribution is 0.192. The second kappa shape index (κ2) is 11.3. The summed E-state index contributed by atoms with van der Waals surface area (Å²) in [6.07, 6.45) is 9.92. The number of hydrogen-bond donors (Lipinski definition) is 1. The molecule has 2 aromatic rings. The van der Waals surface area contributed by atoms with E-state index in [1.165, 1.54) is 62.1 Å². The molecule has 0 unspecified atom stereocenters. The van der Waals surface area contributed by atoms with Crippen LogP contribution in [0.2, 0.25) is 0 Å². The first kappa shape index (κ1) is 26.6. The number of aliphatic hydroxyl groups excluding tert-OH is 1. The molecule has 4 nitrogen and oxygen atoms in total. The predicted molar refractivity (Wildman–Crippen MR) is 151 cm³/mol. The summed E-state index contributed by atoms with van der Waals surface area (Å²) in [7, 11) is 2.12. The van der Waals surface area contributed by atoms with E-state index in [0.29, 0.717) is 10.8 Å². The van der Waals surface area contributed by atoms with E-state index >= 15 is 0 Å². The Labute approximate surface area is 217 Å². The molecule has 1 aliphatic heterocycles. The number of piperidine rings is 1. The number of benzene rings is 1. The van der Waals surface area contributed by atoms with Crippen LogP contribution in [0, 0.1) is 5.92 Å². The van der Waals surface area contributed by atoms with Crippen molar-refractivity contribution in [3.05, 3.63) is 34.7 Å². The smallest absolute Gasteiger partial charge is 0.185 e. The number of rotatable bonds is 10. The van der Waals surface area contributed by atoms with Gasteiger partial charge in [0.15, 0.2) is 5.13 Å². The van der Waals surface area contributed by atoms with Crippen molar-refractivity contribution in [3.8, 4) is 11.3 Å². The lowest BCUT2D eigenvalue weighted by Crippen LogP contribution is -2.39. The van der Waals surface area contributed by atoms with E-state index in [-0.39, 0.29) is 6.61 Å². The summed E-state index contributed by atoms with van der Waals surface area (Å²) < 4.78 is 0. The van der Waals surface area contributed by atoms with Crippen LogP contribution in [0.5, 0.6) is 0 Å². The molecule has 194 valence electrons. The number of fused-ring (bicyclic) bond motifs is 1. The lowest BCUT2D eigenvalue weighted by atomic mass is 9.57. The van der Waals surface area contributed by atoms with Crippen LogP contribution in [0.1, 0.15) is 90.2 Å². The van der Waals surface area contributed by atoms with E-state index in [2.05, 4.69) is 68.1 Å². The molecule has 1 aliphatic carbocycles. The lowest BCUT2D eigenvalue weighted by Gasteiger charge is -2.48. The van der Waals surface area contributed by atoms with Crippen LogP contribution >= 0.6 is 11.3 Å². The molecule has 4 rings (SSSR count). The maximum absolute atomic E-state index is 9.17. The quantitative estimate of drug-likeness (QED) is 0.389. The van der Waals surface area contributed by atoms with Gasteiger partial charge in [-0.05, 0) is 92.4 Å². The molecule has 2 aliphatic rings. The van der Waals surface area contributed by atoms with Gasteiger partial charge >= 0.3 is 0 Å². The second-order valence-corrected chi connectivity index (χ2v) is 12.0. The molecule has 2 heterocycles. The van der Waals surface area contributed by atoms with Crippen molar-refractivity contribution < 1.29 is 5.11 Å². The van der Waals surface area contributed by atoms with E-state index < -0.39 is 0 Å². The Morgan fingerprint density at radius 1 is 1.00 bits per heavy atom. The molecule has 1 fully saturated rings. The summed E-state index contributed by atoms with van der Waals surface area (Å²) in [6.45, 7) is 13.8. The zero-order valence-corrected chi connectivity index (χ0v) is 23.6. The van der Waals surface area contributed by atoms with Gasteiger partial charge in [-0.3, -0.25) is 0 Å². The van der Waals surface area contributed by atoms with Crippen LogP contribution in [0.4, 0.5) is 5.13 Å². The first-order valence-electron chi connectivity index (χ1n) is 14.1. The first-order chi connectivity index (χ1) is 16.9. The third kappa shape index (κ3) is 5.19. The molecule has 0 amide bonds. The summed E-state index contributed by atoms with van der Waals surface area (Å²) in [6, 6.07) is 7.33. The molecule has 1 aromatic heterocycles. The Morgan fingerprint density at radius 2 is 1.63 bits per heavy atom. The van der Waals surface area contributed by atoms with Gasteiger partial charge in [0.2, 0.25) is 0 Å². The second-order valence-electron chi connectivity index (χ2n) is 11.2. The highest BCUT2D eigenvalue weighted by Crippen LogP contribution is 2.53. The molecule has 35 heavy (non-hydrogen) atoms. The average Bonchev–Trinajstić information content (AvgIpc) is 3.39. The van der Waals surface area contributed by atoms with Crippen molar-refractivity contribution in [2.75, 3.05) is 44.7 Å². The molecule has 5 heteroatoms. The van der Waals surface area contributed by atoms with Gasteiger partial charge in [0, 0.05) is 37.1 Å². The fraction of sp³-hybridized carbons (Fsp3) is 0.700. The van der Waals surface area contributed by atoms with Crippen molar-refractivity contribution >= 4 is 16.5 Å².